The summed E-state index contributed by atoms with van der Waals surface area (Å²) in [5.74, 6) is -0.134. The molecule has 1 amide bonds. The van der Waals surface area contributed by atoms with E-state index in [0.717, 1.165) is 28.4 Å². The Morgan fingerprint density at radius 3 is 2.50 bits per heavy atom. The van der Waals surface area contributed by atoms with Gasteiger partial charge in [0.25, 0.3) is 5.56 Å². The number of aromatic nitrogens is 3. The number of nitrogens with zero attached hydrogens (tertiary/aromatic N) is 4. The van der Waals surface area contributed by atoms with Crippen LogP contribution in [0.5, 0.6) is 0 Å². The maximum atomic E-state index is 13.1. The van der Waals surface area contributed by atoms with E-state index in [1.165, 1.54) is 4.68 Å². The minimum absolute atomic E-state index is 0.0929. The molecule has 0 aliphatic heterocycles. The summed E-state index contributed by atoms with van der Waals surface area (Å²) in [6, 6.07) is 17.6. The van der Waals surface area contributed by atoms with Crippen LogP contribution >= 0.6 is 0 Å². The minimum Gasteiger partial charge on any atom is -0.350 e. The number of H-pyrrole nitrogens is 1. The number of hydrogen-bond donors (Lipinski definition) is 1. The van der Waals surface area contributed by atoms with Crippen LogP contribution in [0.4, 0.5) is 0 Å². The summed E-state index contributed by atoms with van der Waals surface area (Å²) < 4.78 is 1.24. The number of amides is 1. The number of carbonyl (C=O) groups excluding carboxylic acids is 1. The summed E-state index contributed by atoms with van der Waals surface area (Å²) in [5.41, 5.74) is 2.12. The highest BCUT2D eigenvalue weighted by Gasteiger charge is 2.18. The molecule has 0 aliphatic rings. The number of hydrogen-bond acceptors (Lipinski definition) is 4. The van der Waals surface area contributed by atoms with Crippen LogP contribution in [0.3, 0.4) is 0 Å². The summed E-state index contributed by atoms with van der Waals surface area (Å²) in [5, 5.41) is 6.00. The van der Waals surface area contributed by atoms with Crippen molar-refractivity contribution in [1.29, 1.82) is 0 Å². The number of likely N-dealkylation sites (N-methyl/N-ethyl adjacent to an activating group) is 1. The Balaban J connectivity index is 1.60. The molecule has 7 nitrogen and oxygen atoms in total. The summed E-state index contributed by atoms with van der Waals surface area (Å²) in [7, 11) is 3.95. The van der Waals surface area contributed by atoms with Gasteiger partial charge < -0.3 is 14.8 Å². The first kappa shape index (κ1) is 19.8. The predicted octanol–water partition coefficient (Wildman–Crippen LogP) is 2.47. The zero-order chi connectivity index (χ0) is 21.1. The van der Waals surface area contributed by atoms with Crippen LogP contribution in [0.15, 0.2) is 65.6 Å². The quantitative estimate of drug-likeness (QED) is 0.514. The van der Waals surface area contributed by atoms with Gasteiger partial charge in [-0.1, -0.05) is 48.5 Å². The highest BCUT2D eigenvalue weighted by atomic mass is 16.2. The Morgan fingerprint density at radius 1 is 1.00 bits per heavy atom. The lowest BCUT2D eigenvalue weighted by Gasteiger charge is -2.24. The van der Waals surface area contributed by atoms with Crippen molar-refractivity contribution in [2.24, 2.45) is 0 Å². The van der Waals surface area contributed by atoms with E-state index in [-0.39, 0.29) is 18.0 Å². The second-order valence-electron chi connectivity index (χ2n) is 7.67. The largest absolute Gasteiger partial charge is 0.350 e. The SMILES string of the molecule is CN(C)CCN(Cc1ccccc1)C(=O)Cn1ncc2c([nH]c3ccccc32)c1=O. The molecule has 0 radical (unpaired) electrons. The lowest BCUT2D eigenvalue weighted by molar-refractivity contribution is -0.132. The summed E-state index contributed by atoms with van der Waals surface area (Å²) in [6.07, 6.45) is 1.66. The molecular weight excluding hydrogens is 378 g/mol. The normalized spacial score (nSPS) is 11.4. The van der Waals surface area contributed by atoms with Crippen LogP contribution in [-0.4, -0.2) is 57.7 Å². The summed E-state index contributed by atoms with van der Waals surface area (Å²) in [6.45, 7) is 1.72. The molecule has 0 spiro atoms. The average Bonchev–Trinajstić information content (AvgIpc) is 3.13. The van der Waals surface area contributed by atoms with Gasteiger partial charge in [0.1, 0.15) is 12.1 Å². The highest BCUT2D eigenvalue weighted by Crippen LogP contribution is 2.21. The van der Waals surface area contributed by atoms with E-state index in [0.29, 0.717) is 18.6 Å². The van der Waals surface area contributed by atoms with Gasteiger partial charge in [-0.25, -0.2) is 4.68 Å². The summed E-state index contributed by atoms with van der Waals surface area (Å²) in [4.78, 5) is 33.0. The standard InChI is InChI=1S/C23H25N5O2/c1-26(2)12-13-27(15-17-8-4-3-5-9-17)21(29)16-28-23(30)22-19(14-24-28)18-10-6-7-11-20(18)25-22/h3-11,14,25H,12-13,15-16H2,1-2H3. The van der Waals surface area contributed by atoms with E-state index in [2.05, 4.69) is 10.1 Å². The first-order valence-electron chi connectivity index (χ1n) is 9.96. The van der Waals surface area contributed by atoms with E-state index in [1.54, 1.807) is 11.1 Å². The van der Waals surface area contributed by atoms with Crippen molar-refractivity contribution in [2.75, 3.05) is 27.2 Å². The van der Waals surface area contributed by atoms with Crippen LogP contribution in [0, 0.1) is 0 Å². The predicted molar refractivity (Wildman–Crippen MR) is 118 cm³/mol. The molecule has 2 aromatic carbocycles. The topological polar surface area (TPSA) is 74.2 Å². The molecule has 0 saturated carbocycles. The molecule has 4 aromatic rings. The smallest absolute Gasteiger partial charge is 0.291 e. The molecule has 1 N–H and O–H groups in total. The van der Waals surface area contributed by atoms with Crippen LogP contribution in [0.1, 0.15) is 5.56 Å². The number of aromatic amines is 1. The third kappa shape index (κ3) is 4.11. The van der Waals surface area contributed by atoms with E-state index in [9.17, 15) is 9.59 Å². The Kier molecular flexibility index (Phi) is 5.63. The number of para-hydroxylation sites is 1. The second-order valence-corrected chi connectivity index (χ2v) is 7.67. The molecule has 4 rings (SSSR count). The van der Waals surface area contributed by atoms with Crippen LogP contribution in [0.25, 0.3) is 21.8 Å². The van der Waals surface area contributed by atoms with Gasteiger partial charge in [0.05, 0.1) is 6.20 Å². The minimum atomic E-state index is -0.288. The van der Waals surface area contributed by atoms with E-state index < -0.39 is 0 Å². The third-order valence-electron chi connectivity index (χ3n) is 5.19. The van der Waals surface area contributed by atoms with Crippen molar-refractivity contribution in [3.8, 4) is 0 Å². The maximum Gasteiger partial charge on any atom is 0.291 e. The van der Waals surface area contributed by atoms with Crippen LogP contribution in [0.2, 0.25) is 0 Å². The van der Waals surface area contributed by atoms with E-state index >= 15 is 0 Å². The van der Waals surface area contributed by atoms with Crippen molar-refractivity contribution in [1.82, 2.24) is 24.6 Å². The van der Waals surface area contributed by atoms with Gasteiger partial charge in [-0.2, -0.15) is 5.10 Å². The fourth-order valence-corrected chi connectivity index (χ4v) is 3.53. The van der Waals surface area contributed by atoms with Crippen molar-refractivity contribution in [3.05, 3.63) is 76.7 Å². The van der Waals surface area contributed by atoms with Crippen LogP contribution < -0.4 is 5.56 Å². The van der Waals surface area contributed by atoms with Gasteiger partial charge in [0, 0.05) is 35.9 Å². The van der Waals surface area contributed by atoms with E-state index in [1.807, 2.05) is 73.6 Å². The van der Waals surface area contributed by atoms with Gasteiger partial charge in [-0.3, -0.25) is 9.59 Å². The van der Waals surface area contributed by atoms with Crippen molar-refractivity contribution in [2.45, 2.75) is 13.1 Å². The average molecular weight is 403 g/mol. The zero-order valence-corrected chi connectivity index (χ0v) is 17.2. The van der Waals surface area contributed by atoms with Gasteiger partial charge in [0.15, 0.2) is 0 Å². The molecule has 0 unspecified atom stereocenters. The van der Waals surface area contributed by atoms with Gasteiger partial charge >= 0.3 is 0 Å². The van der Waals surface area contributed by atoms with Crippen molar-refractivity contribution >= 4 is 27.7 Å². The maximum absolute atomic E-state index is 13.1. The fraction of sp³-hybridized carbons (Fsp3) is 0.261. The number of carbonyl (C=O) groups is 1. The Hall–Kier alpha value is -3.45. The number of nitrogens with one attached hydrogen (secondary N) is 1. The Morgan fingerprint density at radius 2 is 1.73 bits per heavy atom. The second kappa shape index (κ2) is 8.51. The fourth-order valence-electron chi connectivity index (χ4n) is 3.53. The molecule has 0 aliphatic carbocycles. The van der Waals surface area contributed by atoms with Crippen molar-refractivity contribution in [3.63, 3.8) is 0 Å². The third-order valence-corrected chi connectivity index (χ3v) is 5.19. The molecular formula is C23H25N5O2. The first-order chi connectivity index (χ1) is 14.5. The molecule has 0 fully saturated rings. The lowest BCUT2D eigenvalue weighted by Crippen LogP contribution is -2.40. The molecule has 2 heterocycles. The number of rotatable bonds is 7. The van der Waals surface area contributed by atoms with E-state index in [4.69, 9.17) is 0 Å². The number of fused-ring (bicyclic) bond motifs is 3. The number of benzene rings is 2. The Bertz CT molecular complexity index is 1230. The summed E-state index contributed by atoms with van der Waals surface area (Å²) >= 11 is 0. The molecule has 0 atom stereocenters. The zero-order valence-electron chi connectivity index (χ0n) is 17.2. The molecule has 7 heteroatoms. The molecule has 30 heavy (non-hydrogen) atoms. The molecule has 2 aromatic heterocycles. The monoisotopic (exact) mass is 403 g/mol. The lowest BCUT2D eigenvalue weighted by atomic mass is 10.2. The van der Waals surface area contributed by atoms with Crippen molar-refractivity contribution < 1.29 is 4.79 Å². The van der Waals surface area contributed by atoms with Crippen LogP contribution in [-0.2, 0) is 17.9 Å². The van der Waals surface area contributed by atoms with Gasteiger partial charge in [-0.05, 0) is 25.7 Å². The first-order valence-corrected chi connectivity index (χ1v) is 9.96. The molecule has 154 valence electrons. The molecule has 0 saturated heterocycles. The van der Waals surface area contributed by atoms with Gasteiger partial charge in [0.2, 0.25) is 5.91 Å². The Labute approximate surface area is 174 Å². The highest BCUT2D eigenvalue weighted by molar-refractivity contribution is 6.06. The van der Waals surface area contributed by atoms with Gasteiger partial charge in [-0.15, -0.1) is 0 Å². The molecule has 0 bridgehead atoms.